The van der Waals surface area contributed by atoms with Crippen LogP contribution in [0.5, 0.6) is 5.75 Å². The van der Waals surface area contributed by atoms with Crippen molar-refractivity contribution in [1.29, 1.82) is 0 Å². The topological polar surface area (TPSA) is 61.6 Å². The first kappa shape index (κ1) is 18.9. The lowest BCUT2D eigenvalue weighted by molar-refractivity contribution is -0.144. The Bertz CT molecular complexity index is 878. The number of halogens is 2. The Labute approximate surface area is 160 Å². The minimum Gasteiger partial charge on any atom is -0.490 e. The van der Waals surface area contributed by atoms with Crippen LogP contribution in [0.1, 0.15) is 12.3 Å². The van der Waals surface area contributed by atoms with Gasteiger partial charge in [-0.15, -0.1) is 0 Å². The first-order chi connectivity index (χ1) is 13.1. The Balaban J connectivity index is 1.38. The predicted molar refractivity (Wildman–Crippen MR) is 98.1 cm³/mol. The van der Waals surface area contributed by atoms with Gasteiger partial charge in [-0.25, -0.2) is 9.37 Å². The van der Waals surface area contributed by atoms with Gasteiger partial charge >= 0.3 is 5.97 Å². The van der Waals surface area contributed by atoms with Crippen LogP contribution in [0.25, 0.3) is 11.3 Å². The van der Waals surface area contributed by atoms with Crippen LogP contribution in [0.15, 0.2) is 59.1 Å². The zero-order valence-electron chi connectivity index (χ0n) is 14.4. The third kappa shape index (κ3) is 5.82. The van der Waals surface area contributed by atoms with E-state index in [0.29, 0.717) is 28.8 Å². The molecular formula is C20H17ClFNO4. The molecule has 7 heteroatoms. The lowest BCUT2D eigenvalue weighted by atomic mass is 10.2. The Morgan fingerprint density at radius 2 is 1.81 bits per heavy atom. The summed E-state index contributed by atoms with van der Waals surface area (Å²) < 4.78 is 29.1. The second-order valence-corrected chi connectivity index (χ2v) is 6.08. The maximum Gasteiger partial charge on any atom is 0.306 e. The molecule has 3 aromatic rings. The lowest BCUT2D eigenvalue weighted by Gasteiger charge is -2.07. The lowest BCUT2D eigenvalue weighted by Crippen LogP contribution is -2.12. The smallest absolute Gasteiger partial charge is 0.306 e. The Hall–Kier alpha value is -2.86. The summed E-state index contributed by atoms with van der Waals surface area (Å²) in [7, 11) is 0. The zero-order chi connectivity index (χ0) is 19.1. The van der Waals surface area contributed by atoms with Gasteiger partial charge in [0.1, 0.15) is 24.8 Å². The van der Waals surface area contributed by atoms with E-state index in [1.807, 2.05) is 0 Å². The van der Waals surface area contributed by atoms with Crippen LogP contribution in [0.3, 0.4) is 0 Å². The molecule has 0 saturated heterocycles. The summed E-state index contributed by atoms with van der Waals surface area (Å²) in [6.07, 6.45) is 2.01. The van der Waals surface area contributed by atoms with E-state index in [0.717, 1.165) is 5.56 Å². The number of ether oxygens (including phenoxy) is 2. The molecular weight excluding hydrogens is 373 g/mol. The molecule has 140 valence electrons. The number of rotatable bonds is 8. The fourth-order valence-corrected chi connectivity index (χ4v) is 2.43. The van der Waals surface area contributed by atoms with Crippen LogP contribution in [0.2, 0.25) is 5.02 Å². The van der Waals surface area contributed by atoms with Gasteiger partial charge in [-0.2, -0.15) is 0 Å². The molecule has 1 aromatic heterocycles. The molecule has 2 aromatic carbocycles. The summed E-state index contributed by atoms with van der Waals surface area (Å²) in [5.74, 6) is 0.916. The SMILES string of the molecule is O=C(CCc1ncc(-c2ccc(F)cc2)o1)OCCOc1ccc(Cl)cc1. The van der Waals surface area contributed by atoms with Crippen molar-refractivity contribution in [3.05, 3.63) is 71.5 Å². The van der Waals surface area contributed by atoms with E-state index in [4.69, 9.17) is 25.5 Å². The van der Waals surface area contributed by atoms with Crippen molar-refractivity contribution in [3.63, 3.8) is 0 Å². The number of hydrogen-bond donors (Lipinski definition) is 0. The fraction of sp³-hybridized carbons (Fsp3) is 0.200. The van der Waals surface area contributed by atoms with Gasteiger partial charge < -0.3 is 13.9 Å². The minimum atomic E-state index is -0.365. The van der Waals surface area contributed by atoms with Gasteiger partial charge in [-0.3, -0.25) is 4.79 Å². The average molecular weight is 390 g/mol. The van der Waals surface area contributed by atoms with Crippen molar-refractivity contribution in [2.75, 3.05) is 13.2 Å². The van der Waals surface area contributed by atoms with E-state index in [-0.39, 0.29) is 31.4 Å². The highest BCUT2D eigenvalue weighted by Crippen LogP contribution is 2.21. The molecule has 0 amide bonds. The number of hydrogen-bond acceptors (Lipinski definition) is 5. The van der Waals surface area contributed by atoms with Crippen molar-refractivity contribution in [2.24, 2.45) is 0 Å². The molecule has 5 nitrogen and oxygen atoms in total. The Morgan fingerprint density at radius 1 is 1.07 bits per heavy atom. The molecule has 0 atom stereocenters. The van der Waals surface area contributed by atoms with Gasteiger partial charge in [0.25, 0.3) is 0 Å². The standard InChI is InChI=1S/C20H17ClFNO4/c21-15-3-7-17(8-4-15)25-11-12-26-20(24)10-9-19-23-13-18(27-19)14-1-5-16(22)6-2-14/h1-8,13H,9-12H2. The molecule has 0 aliphatic carbocycles. The van der Waals surface area contributed by atoms with Crippen LogP contribution >= 0.6 is 11.6 Å². The van der Waals surface area contributed by atoms with Crippen molar-refractivity contribution in [1.82, 2.24) is 4.98 Å². The quantitative estimate of drug-likeness (QED) is 0.413. The van der Waals surface area contributed by atoms with Crippen LogP contribution < -0.4 is 4.74 Å². The molecule has 0 fully saturated rings. The molecule has 3 rings (SSSR count). The summed E-state index contributed by atoms with van der Waals surface area (Å²) in [4.78, 5) is 15.9. The van der Waals surface area contributed by atoms with Gasteiger partial charge in [-0.1, -0.05) is 11.6 Å². The monoisotopic (exact) mass is 389 g/mol. The molecule has 1 heterocycles. The molecule has 0 aliphatic heterocycles. The second kappa shape index (κ2) is 9.19. The van der Waals surface area contributed by atoms with E-state index in [2.05, 4.69) is 4.98 Å². The highest BCUT2D eigenvalue weighted by molar-refractivity contribution is 6.30. The number of carbonyl (C=O) groups excluding carboxylic acids is 1. The molecule has 0 spiro atoms. The summed E-state index contributed by atoms with van der Waals surface area (Å²) in [6.45, 7) is 0.398. The number of benzene rings is 2. The number of esters is 1. The van der Waals surface area contributed by atoms with E-state index in [9.17, 15) is 9.18 Å². The number of nitrogens with zero attached hydrogens (tertiary/aromatic N) is 1. The zero-order valence-corrected chi connectivity index (χ0v) is 15.1. The normalized spacial score (nSPS) is 10.6. The number of oxazole rings is 1. The summed E-state index contributed by atoms with van der Waals surface area (Å²) in [6, 6.07) is 12.8. The molecule has 0 bridgehead atoms. The van der Waals surface area contributed by atoms with Crippen molar-refractivity contribution in [3.8, 4) is 17.1 Å². The molecule has 27 heavy (non-hydrogen) atoms. The third-order valence-corrected chi connectivity index (χ3v) is 3.91. The highest BCUT2D eigenvalue weighted by atomic mass is 35.5. The van der Waals surface area contributed by atoms with Gasteiger partial charge in [-0.05, 0) is 48.5 Å². The molecule has 0 unspecified atom stereocenters. The van der Waals surface area contributed by atoms with E-state index < -0.39 is 0 Å². The second-order valence-electron chi connectivity index (χ2n) is 5.65. The first-order valence-corrected chi connectivity index (χ1v) is 8.72. The van der Waals surface area contributed by atoms with Gasteiger partial charge in [0.2, 0.25) is 0 Å². The minimum absolute atomic E-state index is 0.143. The summed E-state index contributed by atoms with van der Waals surface area (Å²) >= 11 is 5.79. The Morgan fingerprint density at radius 3 is 2.56 bits per heavy atom. The maximum absolute atomic E-state index is 12.9. The van der Waals surface area contributed by atoms with Gasteiger partial charge in [0.15, 0.2) is 11.7 Å². The van der Waals surface area contributed by atoms with Crippen molar-refractivity contribution >= 4 is 17.6 Å². The fourth-order valence-electron chi connectivity index (χ4n) is 2.30. The van der Waals surface area contributed by atoms with Crippen LogP contribution in [0.4, 0.5) is 4.39 Å². The Kier molecular flexibility index (Phi) is 6.44. The molecule has 0 saturated carbocycles. The third-order valence-electron chi connectivity index (χ3n) is 3.65. The van der Waals surface area contributed by atoms with Gasteiger partial charge in [0, 0.05) is 17.0 Å². The van der Waals surface area contributed by atoms with Crippen molar-refractivity contribution < 1.29 is 23.1 Å². The van der Waals surface area contributed by atoms with E-state index in [1.165, 1.54) is 12.1 Å². The summed E-state index contributed by atoms with van der Waals surface area (Å²) in [5.41, 5.74) is 0.720. The first-order valence-electron chi connectivity index (χ1n) is 8.35. The van der Waals surface area contributed by atoms with E-state index in [1.54, 1.807) is 42.6 Å². The largest absolute Gasteiger partial charge is 0.490 e. The highest BCUT2D eigenvalue weighted by Gasteiger charge is 2.10. The predicted octanol–water partition coefficient (Wildman–Crippen LogP) is 4.69. The number of aromatic nitrogens is 1. The van der Waals surface area contributed by atoms with Crippen LogP contribution in [-0.4, -0.2) is 24.2 Å². The van der Waals surface area contributed by atoms with Gasteiger partial charge in [0.05, 0.1) is 12.6 Å². The maximum atomic E-state index is 12.9. The molecule has 0 N–H and O–H groups in total. The van der Waals surface area contributed by atoms with E-state index >= 15 is 0 Å². The average Bonchev–Trinajstić information content (AvgIpc) is 3.14. The number of aryl methyl sites for hydroxylation is 1. The van der Waals surface area contributed by atoms with Crippen molar-refractivity contribution in [2.45, 2.75) is 12.8 Å². The summed E-state index contributed by atoms with van der Waals surface area (Å²) in [5, 5.41) is 0.628. The molecule has 0 radical (unpaired) electrons. The van der Waals surface area contributed by atoms with Crippen LogP contribution in [-0.2, 0) is 16.0 Å². The number of carbonyl (C=O) groups is 1. The molecule has 0 aliphatic rings. The van der Waals surface area contributed by atoms with Crippen LogP contribution in [0, 0.1) is 5.82 Å².